The third-order valence-electron chi connectivity index (χ3n) is 1.94. The highest BCUT2D eigenvalue weighted by Crippen LogP contribution is 2.25. The molecule has 64 valence electrons. The summed E-state index contributed by atoms with van der Waals surface area (Å²) in [5.74, 6) is 0.254. The van der Waals surface area contributed by atoms with E-state index in [4.69, 9.17) is 23.2 Å². The molecule has 0 aromatic carbocycles. The second-order valence-corrected chi connectivity index (χ2v) is 3.77. The molecule has 0 saturated carbocycles. The fourth-order valence-electron chi connectivity index (χ4n) is 1.26. The van der Waals surface area contributed by atoms with Gasteiger partial charge in [0.05, 0.1) is 11.0 Å². The third-order valence-corrected chi connectivity index (χ3v) is 2.77. The predicted molar refractivity (Wildman–Crippen MR) is 45.8 cm³/mol. The lowest BCUT2D eigenvalue weighted by molar-refractivity contribution is -0.108. The number of nitrogens with one attached hydrogen (secondary N) is 1. The van der Waals surface area contributed by atoms with Gasteiger partial charge in [-0.25, -0.2) is 0 Å². The molecular formula is C7H11Cl2NO. The van der Waals surface area contributed by atoms with Gasteiger partial charge in [-0.2, -0.15) is 0 Å². The van der Waals surface area contributed by atoms with Crippen LogP contribution < -0.4 is 5.32 Å². The van der Waals surface area contributed by atoms with Crippen LogP contribution in [-0.2, 0) is 4.79 Å². The molecule has 3 unspecified atom stereocenters. The first-order chi connectivity index (χ1) is 5.24. The van der Waals surface area contributed by atoms with Gasteiger partial charge in [0.15, 0.2) is 0 Å². The number of hydrogen-bond donors (Lipinski definition) is 1. The smallest absolute Gasteiger partial charge is 0.120 e. The van der Waals surface area contributed by atoms with Gasteiger partial charge in [-0.1, -0.05) is 0 Å². The summed E-state index contributed by atoms with van der Waals surface area (Å²) in [7, 11) is 0. The zero-order valence-electron chi connectivity index (χ0n) is 6.09. The van der Waals surface area contributed by atoms with Gasteiger partial charge in [-0.05, 0) is 18.8 Å². The maximum atomic E-state index is 10.2. The molecule has 0 aromatic rings. The summed E-state index contributed by atoms with van der Waals surface area (Å²) in [6.07, 6.45) is 3.28. The first kappa shape index (κ1) is 9.30. The average molecular weight is 196 g/mol. The summed E-state index contributed by atoms with van der Waals surface area (Å²) in [4.78, 5) is 10.2. The summed E-state index contributed by atoms with van der Waals surface area (Å²) in [6, 6.07) is 0. The Morgan fingerprint density at radius 1 is 1.45 bits per heavy atom. The number of rotatable bonds is 2. The second-order valence-electron chi connectivity index (χ2n) is 2.78. The van der Waals surface area contributed by atoms with E-state index in [1.54, 1.807) is 0 Å². The molecule has 0 amide bonds. The van der Waals surface area contributed by atoms with E-state index in [1.165, 1.54) is 0 Å². The number of piperidine rings is 1. The molecular weight excluding hydrogens is 185 g/mol. The van der Waals surface area contributed by atoms with Crippen molar-refractivity contribution in [3.05, 3.63) is 0 Å². The van der Waals surface area contributed by atoms with Gasteiger partial charge in [0.25, 0.3) is 0 Å². The van der Waals surface area contributed by atoms with Gasteiger partial charge in [-0.15, -0.1) is 23.2 Å². The number of alkyl halides is 2. The van der Waals surface area contributed by atoms with Gasteiger partial charge in [0.2, 0.25) is 0 Å². The number of halogens is 2. The molecule has 0 radical (unpaired) electrons. The summed E-state index contributed by atoms with van der Waals surface area (Å²) >= 11 is 11.7. The Morgan fingerprint density at radius 3 is 2.73 bits per heavy atom. The third kappa shape index (κ3) is 2.62. The predicted octanol–water partition coefficient (Wildman–Crippen LogP) is 1.70. The maximum Gasteiger partial charge on any atom is 0.120 e. The van der Waals surface area contributed by atoms with E-state index in [-0.39, 0.29) is 16.9 Å². The lowest BCUT2D eigenvalue weighted by Gasteiger charge is -2.29. The van der Waals surface area contributed by atoms with Gasteiger partial charge < -0.3 is 4.79 Å². The number of hydrogen-bond acceptors (Lipinski definition) is 2. The molecule has 4 heteroatoms. The van der Waals surface area contributed by atoms with Crippen molar-refractivity contribution in [3.63, 3.8) is 0 Å². The standard InChI is InChI=1S/C7H11Cl2NO/c8-6-2-1-5(3-4-11)7(9)10-6/h4-7,10H,1-3H2. The van der Waals surface area contributed by atoms with E-state index in [9.17, 15) is 4.79 Å². The molecule has 0 aliphatic carbocycles. The van der Waals surface area contributed by atoms with Crippen molar-refractivity contribution in [2.45, 2.75) is 30.3 Å². The topological polar surface area (TPSA) is 29.1 Å². The van der Waals surface area contributed by atoms with Crippen molar-refractivity contribution < 1.29 is 4.79 Å². The van der Waals surface area contributed by atoms with Crippen molar-refractivity contribution in [1.82, 2.24) is 5.32 Å². The Balaban J connectivity index is 2.37. The Kier molecular flexibility index (Phi) is 3.63. The maximum absolute atomic E-state index is 10.2. The number of carbonyl (C=O) groups is 1. The highest BCUT2D eigenvalue weighted by atomic mass is 35.5. The number of aldehydes is 1. The van der Waals surface area contributed by atoms with Gasteiger partial charge in [0, 0.05) is 6.42 Å². The molecule has 3 atom stereocenters. The molecule has 2 nitrogen and oxygen atoms in total. The van der Waals surface area contributed by atoms with Crippen molar-refractivity contribution in [1.29, 1.82) is 0 Å². The molecule has 11 heavy (non-hydrogen) atoms. The SMILES string of the molecule is O=CCC1CCC(Cl)NC1Cl. The molecule has 1 heterocycles. The fourth-order valence-corrected chi connectivity index (χ4v) is 1.97. The number of carbonyl (C=O) groups excluding carboxylic acids is 1. The average Bonchev–Trinajstić information content (AvgIpc) is 1.95. The van der Waals surface area contributed by atoms with Crippen LogP contribution in [0.4, 0.5) is 0 Å². The largest absolute Gasteiger partial charge is 0.303 e. The zero-order chi connectivity index (χ0) is 8.27. The summed E-state index contributed by atoms with van der Waals surface area (Å²) < 4.78 is 0. The van der Waals surface area contributed by atoms with Crippen LogP contribution in [0.3, 0.4) is 0 Å². The van der Waals surface area contributed by atoms with Crippen LogP contribution in [0, 0.1) is 5.92 Å². The first-order valence-electron chi connectivity index (χ1n) is 3.72. The summed E-state index contributed by atoms with van der Waals surface area (Å²) in [5, 5.41) is 2.99. The molecule has 0 spiro atoms. The van der Waals surface area contributed by atoms with Crippen molar-refractivity contribution in [3.8, 4) is 0 Å². The monoisotopic (exact) mass is 195 g/mol. The Morgan fingerprint density at radius 2 is 2.18 bits per heavy atom. The van der Waals surface area contributed by atoms with E-state index < -0.39 is 0 Å². The molecule has 1 N–H and O–H groups in total. The Bertz CT molecular complexity index is 142. The van der Waals surface area contributed by atoms with Crippen LogP contribution in [0.1, 0.15) is 19.3 Å². The van der Waals surface area contributed by atoms with E-state index in [0.717, 1.165) is 19.1 Å². The fraction of sp³-hybridized carbons (Fsp3) is 0.857. The van der Waals surface area contributed by atoms with Gasteiger partial charge in [-0.3, -0.25) is 5.32 Å². The zero-order valence-corrected chi connectivity index (χ0v) is 7.61. The Hall–Kier alpha value is 0.210. The highest BCUT2D eigenvalue weighted by molar-refractivity contribution is 6.23. The molecule has 0 bridgehead atoms. The minimum Gasteiger partial charge on any atom is -0.303 e. The van der Waals surface area contributed by atoms with Crippen LogP contribution in [-0.4, -0.2) is 17.3 Å². The minimum absolute atomic E-state index is 0.0274. The normalized spacial score (nSPS) is 38.5. The Labute approximate surface area is 76.2 Å². The van der Waals surface area contributed by atoms with Crippen molar-refractivity contribution >= 4 is 29.5 Å². The van der Waals surface area contributed by atoms with E-state index in [1.807, 2.05) is 0 Å². The minimum atomic E-state index is -0.142. The van der Waals surface area contributed by atoms with Crippen molar-refractivity contribution in [2.24, 2.45) is 5.92 Å². The lowest BCUT2D eigenvalue weighted by Crippen LogP contribution is -2.41. The second kappa shape index (κ2) is 4.29. The van der Waals surface area contributed by atoms with Crippen LogP contribution in [0.15, 0.2) is 0 Å². The van der Waals surface area contributed by atoms with Crippen molar-refractivity contribution in [2.75, 3.05) is 0 Å². The van der Waals surface area contributed by atoms with Gasteiger partial charge >= 0.3 is 0 Å². The molecule has 1 aliphatic rings. The van der Waals surface area contributed by atoms with Crippen LogP contribution >= 0.6 is 23.2 Å². The lowest BCUT2D eigenvalue weighted by atomic mass is 9.96. The van der Waals surface area contributed by atoms with E-state index in [0.29, 0.717) is 6.42 Å². The molecule has 1 saturated heterocycles. The summed E-state index contributed by atoms with van der Waals surface area (Å²) in [5.41, 5.74) is -0.170. The van der Waals surface area contributed by atoms with Crippen LogP contribution in [0.2, 0.25) is 0 Å². The summed E-state index contributed by atoms with van der Waals surface area (Å²) in [6.45, 7) is 0. The van der Waals surface area contributed by atoms with Gasteiger partial charge in [0.1, 0.15) is 6.29 Å². The first-order valence-corrected chi connectivity index (χ1v) is 4.59. The van der Waals surface area contributed by atoms with Crippen LogP contribution in [0.5, 0.6) is 0 Å². The molecule has 1 aliphatic heterocycles. The quantitative estimate of drug-likeness (QED) is 0.413. The van der Waals surface area contributed by atoms with E-state index >= 15 is 0 Å². The van der Waals surface area contributed by atoms with E-state index in [2.05, 4.69) is 5.32 Å². The molecule has 0 aromatic heterocycles. The molecule has 1 rings (SSSR count). The van der Waals surface area contributed by atoms with Crippen LogP contribution in [0.25, 0.3) is 0 Å². The highest BCUT2D eigenvalue weighted by Gasteiger charge is 2.26. The molecule has 1 fully saturated rings.